The van der Waals surface area contributed by atoms with Crippen LogP contribution in [0.4, 0.5) is 15.8 Å². The first kappa shape index (κ1) is 10.3. The Morgan fingerprint density at radius 2 is 2.20 bits per heavy atom. The quantitative estimate of drug-likeness (QED) is 0.749. The van der Waals surface area contributed by atoms with Crippen molar-refractivity contribution in [2.45, 2.75) is 20.3 Å². The summed E-state index contributed by atoms with van der Waals surface area (Å²) < 4.78 is 12.9. The Hall–Kier alpha value is -1.25. The fraction of sp³-hybridized carbons (Fsp3) is 0.500. The van der Waals surface area contributed by atoms with Gasteiger partial charge in [0, 0.05) is 6.54 Å². The molecule has 0 bridgehead atoms. The van der Waals surface area contributed by atoms with E-state index in [4.69, 9.17) is 5.73 Å². The fourth-order valence-corrected chi connectivity index (χ4v) is 1.84. The lowest BCUT2D eigenvalue weighted by Gasteiger charge is -2.10. The number of anilines is 2. The first-order chi connectivity index (χ1) is 6.99. The molecule has 1 fully saturated rings. The lowest BCUT2D eigenvalue weighted by atomic mass is 10.1. The second-order valence-electron chi connectivity index (χ2n) is 5.00. The maximum absolute atomic E-state index is 12.9. The van der Waals surface area contributed by atoms with E-state index in [1.807, 2.05) is 0 Å². The van der Waals surface area contributed by atoms with Gasteiger partial charge in [0.25, 0.3) is 0 Å². The number of hydrogen-bond donors (Lipinski definition) is 2. The molecule has 1 aromatic rings. The van der Waals surface area contributed by atoms with Crippen molar-refractivity contribution in [2.24, 2.45) is 11.3 Å². The Balaban J connectivity index is 1.96. The Morgan fingerprint density at radius 3 is 2.80 bits per heavy atom. The molecule has 0 aliphatic heterocycles. The van der Waals surface area contributed by atoms with Gasteiger partial charge in [0.15, 0.2) is 0 Å². The number of nitrogen functional groups attached to an aromatic ring is 1. The van der Waals surface area contributed by atoms with E-state index < -0.39 is 0 Å². The molecule has 0 saturated heterocycles. The summed E-state index contributed by atoms with van der Waals surface area (Å²) in [4.78, 5) is 0. The van der Waals surface area contributed by atoms with Crippen LogP contribution in [0.2, 0.25) is 0 Å². The van der Waals surface area contributed by atoms with Crippen LogP contribution >= 0.6 is 0 Å². The molecular formula is C12H17FN2. The molecule has 0 amide bonds. The van der Waals surface area contributed by atoms with E-state index in [1.54, 1.807) is 6.07 Å². The third kappa shape index (κ3) is 2.22. The van der Waals surface area contributed by atoms with Gasteiger partial charge in [-0.3, -0.25) is 0 Å². The highest BCUT2D eigenvalue weighted by Crippen LogP contribution is 2.51. The molecule has 1 aromatic carbocycles. The molecule has 0 aromatic heterocycles. The number of nitrogens with two attached hydrogens (primary N) is 1. The molecule has 3 heteroatoms. The van der Waals surface area contributed by atoms with Gasteiger partial charge in [-0.15, -0.1) is 0 Å². The van der Waals surface area contributed by atoms with Gasteiger partial charge in [0.05, 0.1) is 11.4 Å². The van der Waals surface area contributed by atoms with Gasteiger partial charge in [0.1, 0.15) is 5.82 Å². The SMILES string of the molecule is CC1(C)CC1CNc1cc(F)ccc1N. The van der Waals surface area contributed by atoms with Crippen molar-refractivity contribution in [1.82, 2.24) is 0 Å². The molecule has 2 rings (SSSR count). The third-order valence-corrected chi connectivity index (χ3v) is 3.27. The highest BCUT2D eigenvalue weighted by Gasteiger charge is 2.44. The minimum absolute atomic E-state index is 0.248. The van der Waals surface area contributed by atoms with Crippen molar-refractivity contribution in [3.05, 3.63) is 24.0 Å². The van der Waals surface area contributed by atoms with Crippen molar-refractivity contribution < 1.29 is 4.39 Å². The lowest BCUT2D eigenvalue weighted by Crippen LogP contribution is -2.09. The first-order valence-electron chi connectivity index (χ1n) is 5.28. The zero-order valence-electron chi connectivity index (χ0n) is 9.18. The van der Waals surface area contributed by atoms with Gasteiger partial charge < -0.3 is 11.1 Å². The van der Waals surface area contributed by atoms with E-state index in [-0.39, 0.29) is 5.82 Å². The van der Waals surface area contributed by atoms with Crippen LogP contribution in [0, 0.1) is 17.2 Å². The van der Waals surface area contributed by atoms with E-state index in [0.717, 1.165) is 6.54 Å². The average Bonchev–Trinajstić information content (AvgIpc) is 2.76. The minimum Gasteiger partial charge on any atom is -0.397 e. The zero-order valence-corrected chi connectivity index (χ0v) is 9.18. The summed E-state index contributed by atoms with van der Waals surface area (Å²) in [5.74, 6) is 0.432. The van der Waals surface area contributed by atoms with E-state index in [2.05, 4.69) is 19.2 Å². The summed E-state index contributed by atoms with van der Waals surface area (Å²) in [5.41, 5.74) is 7.49. The average molecular weight is 208 g/mol. The Morgan fingerprint density at radius 1 is 1.53 bits per heavy atom. The molecule has 1 atom stereocenters. The summed E-state index contributed by atoms with van der Waals surface area (Å²) in [6.07, 6.45) is 1.23. The maximum atomic E-state index is 12.9. The molecule has 1 aliphatic rings. The molecule has 3 N–H and O–H groups in total. The van der Waals surface area contributed by atoms with Crippen LogP contribution in [0.15, 0.2) is 18.2 Å². The predicted octanol–water partition coefficient (Wildman–Crippen LogP) is 2.87. The summed E-state index contributed by atoms with van der Waals surface area (Å²) in [7, 11) is 0. The summed E-state index contributed by atoms with van der Waals surface area (Å²) in [6.45, 7) is 5.36. The van der Waals surface area contributed by atoms with Gasteiger partial charge in [-0.1, -0.05) is 13.8 Å². The number of benzene rings is 1. The second kappa shape index (κ2) is 3.40. The van der Waals surface area contributed by atoms with Crippen molar-refractivity contribution in [2.75, 3.05) is 17.6 Å². The Labute approximate surface area is 89.7 Å². The predicted molar refractivity (Wildman–Crippen MR) is 61.2 cm³/mol. The minimum atomic E-state index is -0.248. The zero-order chi connectivity index (χ0) is 11.1. The van der Waals surface area contributed by atoms with Crippen LogP contribution in [-0.2, 0) is 0 Å². The standard InChI is InChI=1S/C12H17FN2/c1-12(2)6-8(12)7-15-11-5-9(13)3-4-10(11)14/h3-5,8,15H,6-7,14H2,1-2H3. The topological polar surface area (TPSA) is 38.0 Å². The van der Waals surface area contributed by atoms with Gasteiger partial charge in [-0.2, -0.15) is 0 Å². The van der Waals surface area contributed by atoms with E-state index in [9.17, 15) is 4.39 Å². The number of hydrogen-bond acceptors (Lipinski definition) is 2. The summed E-state index contributed by atoms with van der Waals surface area (Å²) >= 11 is 0. The molecule has 82 valence electrons. The number of nitrogens with one attached hydrogen (secondary N) is 1. The third-order valence-electron chi connectivity index (χ3n) is 3.27. The lowest BCUT2D eigenvalue weighted by molar-refractivity contribution is 0.573. The molecule has 0 radical (unpaired) electrons. The molecule has 1 saturated carbocycles. The molecule has 0 spiro atoms. The molecule has 1 unspecified atom stereocenters. The van der Waals surface area contributed by atoms with Crippen LogP contribution < -0.4 is 11.1 Å². The van der Waals surface area contributed by atoms with Crippen molar-refractivity contribution in [3.8, 4) is 0 Å². The monoisotopic (exact) mass is 208 g/mol. The van der Waals surface area contributed by atoms with E-state index >= 15 is 0 Å². The van der Waals surface area contributed by atoms with Crippen LogP contribution in [0.1, 0.15) is 20.3 Å². The number of rotatable bonds is 3. The van der Waals surface area contributed by atoms with Crippen LogP contribution in [0.3, 0.4) is 0 Å². The molecule has 15 heavy (non-hydrogen) atoms. The molecular weight excluding hydrogens is 191 g/mol. The smallest absolute Gasteiger partial charge is 0.125 e. The summed E-state index contributed by atoms with van der Waals surface area (Å²) in [5, 5.41) is 3.21. The molecule has 0 heterocycles. The van der Waals surface area contributed by atoms with E-state index in [1.165, 1.54) is 18.6 Å². The van der Waals surface area contributed by atoms with Gasteiger partial charge >= 0.3 is 0 Å². The summed E-state index contributed by atoms with van der Waals surface area (Å²) in [6, 6.07) is 4.42. The Bertz CT molecular complexity index is 374. The highest BCUT2D eigenvalue weighted by atomic mass is 19.1. The van der Waals surface area contributed by atoms with Crippen molar-refractivity contribution in [3.63, 3.8) is 0 Å². The highest BCUT2D eigenvalue weighted by molar-refractivity contribution is 5.65. The van der Waals surface area contributed by atoms with Crippen LogP contribution in [0.25, 0.3) is 0 Å². The van der Waals surface area contributed by atoms with Gasteiger partial charge in [-0.25, -0.2) is 4.39 Å². The Kier molecular flexibility index (Phi) is 2.33. The van der Waals surface area contributed by atoms with Crippen molar-refractivity contribution in [1.29, 1.82) is 0 Å². The van der Waals surface area contributed by atoms with Crippen LogP contribution in [0.5, 0.6) is 0 Å². The second-order valence-corrected chi connectivity index (χ2v) is 5.00. The van der Waals surface area contributed by atoms with Gasteiger partial charge in [-0.05, 0) is 36.0 Å². The largest absolute Gasteiger partial charge is 0.397 e. The first-order valence-corrected chi connectivity index (χ1v) is 5.28. The van der Waals surface area contributed by atoms with Crippen molar-refractivity contribution >= 4 is 11.4 Å². The maximum Gasteiger partial charge on any atom is 0.125 e. The van der Waals surface area contributed by atoms with E-state index in [0.29, 0.717) is 22.7 Å². The van der Waals surface area contributed by atoms with Crippen LogP contribution in [-0.4, -0.2) is 6.54 Å². The number of halogens is 1. The molecule has 1 aliphatic carbocycles. The fourth-order valence-electron chi connectivity index (χ4n) is 1.84. The normalized spacial score (nSPS) is 22.5. The van der Waals surface area contributed by atoms with Gasteiger partial charge in [0.2, 0.25) is 0 Å². The molecule has 2 nitrogen and oxygen atoms in total.